The topological polar surface area (TPSA) is 58.2 Å². The molecule has 3 aromatic carbocycles. The quantitative estimate of drug-likeness (QED) is 0.680. The number of benzene rings is 3. The van der Waals surface area contributed by atoms with Crippen LogP contribution in [-0.4, -0.2) is 11.8 Å². The molecule has 136 valence electrons. The molecule has 4 nitrogen and oxygen atoms in total. The highest BCUT2D eigenvalue weighted by atomic mass is 16.2. The van der Waals surface area contributed by atoms with Crippen molar-refractivity contribution in [3.8, 4) is 0 Å². The third-order valence-corrected chi connectivity index (χ3v) is 4.46. The van der Waals surface area contributed by atoms with Gasteiger partial charge < -0.3 is 10.6 Å². The summed E-state index contributed by atoms with van der Waals surface area (Å²) in [6.07, 6.45) is 0. The van der Waals surface area contributed by atoms with Gasteiger partial charge in [-0.2, -0.15) is 0 Å². The maximum Gasteiger partial charge on any atom is 0.255 e. The monoisotopic (exact) mass is 358 g/mol. The van der Waals surface area contributed by atoms with E-state index in [-0.39, 0.29) is 11.8 Å². The highest BCUT2D eigenvalue weighted by molar-refractivity contribution is 6.06. The predicted molar refractivity (Wildman–Crippen MR) is 109 cm³/mol. The summed E-state index contributed by atoms with van der Waals surface area (Å²) >= 11 is 0. The fraction of sp³-hybridized carbons (Fsp3) is 0.130. The molecule has 0 saturated heterocycles. The van der Waals surface area contributed by atoms with E-state index in [2.05, 4.69) is 10.6 Å². The number of carbonyl (C=O) groups excluding carboxylic acids is 2. The number of hydrogen-bond donors (Lipinski definition) is 2. The van der Waals surface area contributed by atoms with E-state index >= 15 is 0 Å². The van der Waals surface area contributed by atoms with Crippen LogP contribution in [0.1, 0.15) is 37.4 Å². The van der Waals surface area contributed by atoms with E-state index in [4.69, 9.17) is 0 Å². The lowest BCUT2D eigenvalue weighted by atomic mass is 10.1. The summed E-state index contributed by atoms with van der Waals surface area (Å²) in [6, 6.07) is 20.1. The summed E-state index contributed by atoms with van der Waals surface area (Å²) in [7, 11) is 0. The molecule has 0 atom stereocenters. The Morgan fingerprint density at radius 2 is 1.19 bits per heavy atom. The molecule has 0 unspecified atom stereocenters. The van der Waals surface area contributed by atoms with Gasteiger partial charge in [-0.1, -0.05) is 29.8 Å². The number of aryl methyl sites for hydroxylation is 3. The zero-order valence-corrected chi connectivity index (χ0v) is 15.7. The van der Waals surface area contributed by atoms with E-state index in [9.17, 15) is 9.59 Å². The van der Waals surface area contributed by atoms with E-state index in [1.807, 2.05) is 45.0 Å². The second-order valence-electron chi connectivity index (χ2n) is 6.65. The van der Waals surface area contributed by atoms with Crippen LogP contribution in [0.15, 0.2) is 66.7 Å². The molecule has 0 aliphatic carbocycles. The number of amides is 2. The van der Waals surface area contributed by atoms with Gasteiger partial charge in [-0.05, 0) is 74.4 Å². The van der Waals surface area contributed by atoms with Gasteiger partial charge in [0, 0.05) is 22.5 Å². The SMILES string of the molecule is Cc1ccc(C(=O)Nc2cccc(NC(=O)c3ccc(C)c(C)c3)c2)cc1. The summed E-state index contributed by atoms with van der Waals surface area (Å²) in [5.74, 6) is -0.368. The van der Waals surface area contributed by atoms with Gasteiger partial charge >= 0.3 is 0 Å². The van der Waals surface area contributed by atoms with Crippen LogP contribution in [0.25, 0.3) is 0 Å². The van der Waals surface area contributed by atoms with Crippen LogP contribution in [0.5, 0.6) is 0 Å². The molecule has 3 rings (SSSR count). The lowest BCUT2D eigenvalue weighted by molar-refractivity contribution is 0.101. The Kier molecular flexibility index (Phi) is 5.36. The minimum atomic E-state index is -0.187. The summed E-state index contributed by atoms with van der Waals surface area (Å²) in [5.41, 5.74) is 5.76. The number of anilines is 2. The molecule has 4 heteroatoms. The third-order valence-electron chi connectivity index (χ3n) is 4.46. The smallest absolute Gasteiger partial charge is 0.255 e. The first-order chi connectivity index (χ1) is 12.9. The third kappa shape index (κ3) is 4.61. The van der Waals surface area contributed by atoms with Gasteiger partial charge in [0.1, 0.15) is 0 Å². The molecular formula is C23H22N2O2. The second-order valence-corrected chi connectivity index (χ2v) is 6.65. The van der Waals surface area contributed by atoms with Crippen molar-refractivity contribution in [1.29, 1.82) is 0 Å². The number of nitrogens with one attached hydrogen (secondary N) is 2. The molecule has 0 heterocycles. The van der Waals surface area contributed by atoms with Crippen LogP contribution in [0, 0.1) is 20.8 Å². The first-order valence-corrected chi connectivity index (χ1v) is 8.79. The molecule has 0 aliphatic heterocycles. The van der Waals surface area contributed by atoms with Gasteiger partial charge in [-0.25, -0.2) is 0 Å². The number of rotatable bonds is 4. The Morgan fingerprint density at radius 1 is 0.630 bits per heavy atom. The highest BCUT2D eigenvalue weighted by Crippen LogP contribution is 2.18. The van der Waals surface area contributed by atoms with Crippen molar-refractivity contribution in [3.63, 3.8) is 0 Å². The zero-order valence-electron chi connectivity index (χ0n) is 15.7. The normalized spacial score (nSPS) is 10.3. The molecule has 0 bridgehead atoms. The van der Waals surface area contributed by atoms with E-state index in [0.29, 0.717) is 22.5 Å². The van der Waals surface area contributed by atoms with Crippen molar-refractivity contribution in [2.45, 2.75) is 20.8 Å². The molecule has 0 fully saturated rings. The minimum absolute atomic E-state index is 0.180. The first kappa shape index (κ1) is 18.4. The minimum Gasteiger partial charge on any atom is -0.322 e. The molecule has 0 aliphatic rings. The Bertz CT molecular complexity index is 992. The maximum absolute atomic E-state index is 12.5. The van der Waals surface area contributed by atoms with E-state index in [1.165, 1.54) is 0 Å². The van der Waals surface area contributed by atoms with Gasteiger partial charge in [0.05, 0.1) is 0 Å². The molecule has 0 aromatic heterocycles. The molecule has 27 heavy (non-hydrogen) atoms. The van der Waals surface area contributed by atoms with Gasteiger partial charge in [0.15, 0.2) is 0 Å². The van der Waals surface area contributed by atoms with Crippen molar-refractivity contribution >= 4 is 23.2 Å². The lowest BCUT2D eigenvalue weighted by Gasteiger charge is -2.10. The Balaban J connectivity index is 1.71. The van der Waals surface area contributed by atoms with Gasteiger partial charge in [-0.15, -0.1) is 0 Å². The maximum atomic E-state index is 12.5. The van der Waals surface area contributed by atoms with Crippen molar-refractivity contribution in [3.05, 3.63) is 94.5 Å². The first-order valence-electron chi connectivity index (χ1n) is 8.79. The fourth-order valence-electron chi connectivity index (χ4n) is 2.67. The van der Waals surface area contributed by atoms with Crippen molar-refractivity contribution in [2.75, 3.05) is 10.6 Å². The number of carbonyl (C=O) groups is 2. The van der Waals surface area contributed by atoms with E-state index < -0.39 is 0 Å². The predicted octanol–water partition coefficient (Wildman–Crippen LogP) is 5.12. The van der Waals surface area contributed by atoms with Gasteiger partial charge in [0.2, 0.25) is 0 Å². The molecule has 0 radical (unpaired) electrons. The average Bonchev–Trinajstić information content (AvgIpc) is 2.64. The highest BCUT2D eigenvalue weighted by Gasteiger charge is 2.09. The lowest BCUT2D eigenvalue weighted by Crippen LogP contribution is -2.14. The Morgan fingerprint density at radius 3 is 1.78 bits per heavy atom. The van der Waals surface area contributed by atoms with Gasteiger partial charge in [-0.3, -0.25) is 9.59 Å². The van der Waals surface area contributed by atoms with Crippen molar-refractivity contribution in [2.24, 2.45) is 0 Å². The van der Waals surface area contributed by atoms with Crippen LogP contribution >= 0.6 is 0 Å². The average molecular weight is 358 g/mol. The summed E-state index contributed by atoms with van der Waals surface area (Å²) in [4.78, 5) is 24.8. The number of hydrogen-bond acceptors (Lipinski definition) is 2. The van der Waals surface area contributed by atoms with Crippen LogP contribution in [-0.2, 0) is 0 Å². The second kappa shape index (κ2) is 7.87. The van der Waals surface area contributed by atoms with Crippen LogP contribution in [0.3, 0.4) is 0 Å². The fourth-order valence-corrected chi connectivity index (χ4v) is 2.67. The van der Waals surface area contributed by atoms with E-state index in [0.717, 1.165) is 16.7 Å². The summed E-state index contributed by atoms with van der Waals surface area (Å²) < 4.78 is 0. The Labute approximate surface area is 159 Å². The molecule has 0 saturated carbocycles. The Hall–Kier alpha value is -3.40. The molecule has 2 amide bonds. The molecule has 3 aromatic rings. The molecule has 0 spiro atoms. The van der Waals surface area contributed by atoms with E-state index in [1.54, 1.807) is 42.5 Å². The largest absolute Gasteiger partial charge is 0.322 e. The van der Waals surface area contributed by atoms with Crippen LogP contribution < -0.4 is 10.6 Å². The molecule has 2 N–H and O–H groups in total. The summed E-state index contributed by atoms with van der Waals surface area (Å²) in [6.45, 7) is 5.97. The van der Waals surface area contributed by atoms with Crippen molar-refractivity contribution in [1.82, 2.24) is 0 Å². The zero-order chi connectivity index (χ0) is 19.4. The van der Waals surface area contributed by atoms with Crippen LogP contribution in [0.4, 0.5) is 11.4 Å². The van der Waals surface area contributed by atoms with Gasteiger partial charge in [0.25, 0.3) is 11.8 Å². The summed E-state index contributed by atoms with van der Waals surface area (Å²) in [5, 5.41) is 5.73. The molecular weight excluding hydrogens is 336 g/mol. The van der Waals surface area contributed by atoms with Crippen molar-refractivity contribution < 1.29 is 9.59 Å². The van der Waals surface area contributed by atoms with Crippen LogP contribution in [0.2, 0.25) is 0 Å². The standard InChI is InChI=1S/C23H22N2O2/c1-15-7-10-18(11-8-15)22(26)24-20-5-4-6-21(14-20)25-23(27)19-12-9-16(2)17(3)13-19/h4-14H,1-3H3,(H,24,26)(H,25,27).